The van der Waals surface area contributed by atoms with E-state index in [0.717, 1.165) is 5.56 Å². The highest BCUT2D eigenvalue weighted by molar-refractivity contribution is 6.17. The molecule has 258 valence electrons. The number of para-hydroxylation sites is 1. The van der Waals surface area contributed by atoms with Crippen LogP contribution in [0, 0.1) is 5.41 Å². The number of amides is 2. The molecule has 0 aromatic heterocycles. The number of esters is 1. The van der Waals surface area contributed by atoms with E-state index in [2.05, 4.69) is 16.0 Å². The molecule has 0 aliphatic carbocycles. The SMILES string of the molecule is CC(C)Oc1cc(CCl)cc(CNc2ccccc2C(=O)Nc2ccc(C(=N)NC(=O)OC(C)(C)C)cc2)c1OCC(=O)OC(C)(C)C. The number of halogens is 1. The molecule has 12 heteroatoms. The molecular formula is C36H45ClN4O7. The average Bonchev–Trinajstić information content (AvgIpc) is 2.97. The number of carbonyl (C=O) groups excluding carboxylic acids is 3. The molecule has 3 aromatic carbocycles. The van der Waals surface area contributed by atoms with Gasteiger partial charge in [-0.05, 0) is 109 Å². The minimum atomic E-state index is -0.728. The summed E-state index contributed by atoms with van der Waals surface area (Å²) in [5, 5.41) is 16.8. The van der Waals surface area contributed by atoms with Gasteiger partial charge < -0.3 is 29.6 Å². The highest BCUT2D eigenvalue weighted by atomic mass is 35.5. The van der Waals surface area contributed by atoms with Crippen molar-refractivity contribution in [2.45, 2.75) is 85.1 Å². The first-order chi connectivity index (χ1) is 22.4. The van der Waals surface area contributed by atoms with Crippen LogP contribution in [0.1, 0.15) is 82.4 Å². The number of nitrogens with one attached hydrogen (secondary N) is 4. The fraction of sp³-hybridized carbons (Fsp3) is 0.389. The summed E-state index contributed by atoms with van der Waals surface area (Å²) >= 11 is 6.21. The Morgan fingerprint density at radius 1 is 0.896 bits per heavy atom. The topological polar surface area (TPSA) is 148 Å². The molecule has 0 saturated carbocycles. The number of amidine groups is 1. The molecule has 4 N–H and O–H groups in total. The molecule has 0 aliphatic rings. The summed E-state index contributed by atoms with van der Waals surface area (Å²) in [5.74, 6) is 0.00248. The van der Waals surface area contributed by atoms with Crippen molar-refractivity contribution >= 4 is 46.8 Å². The minimum absolute atomic E-state index is 0.133. The molecular weight excluding hydrogens is 636 g/mol. The van der Waals surface area contributed by atoms with Gasteiger partial charge in [0.2, 0.25) is 0 Å². The molecule has 0 bridgehead atoms. The lowest BCUT2D eigenvalue weighted by Gasteiger charge is -2.22. The third-order valence-electron chi connectivity index (χ3n) is 6.16. The maximum Gasteiger partial charge on any atom is 0.413 e. The van der Waals surface area contributed by atoms with Crippen LogP contribution in [-0.2, 0) is 26.7 Å². The Kier molecular flexibility index (Phi) is 12.8. The summed E-state index contributed by atoms with van der Waals surface area (Å²) in [6, 6.07) is 17.2. The highest BCUT2D eigenvalue weighted by Crippen LogP contribution is 2.35. The van der Waals surface area contributed by atoms with Gasteiger partial charge in [-0.1, -0.05) is 12.1 Å². The maximum absolute atomic E-state index is 13.4. The van der Waals surface area contributed by atoms with Gasteiger partial charge in [0.25, 0.3) is 5.91 Å². The molecule has 48 heavy (non-hydrogen) atoms. The summed E-state index contributed by atoms with van der Waals surface area (Å²) in [4.78, 5) is 37.9. The molecule has 0 spiro atoms. The van der Waals surface area contributed by atoms with E-state index in [4.69, 9.17) is 36.0 Å². The van der Waals surface area contributed by atoms with Crippen molar-refractivity contribution in [2.24, 2.45) is 0 Å². The van der Waals surface area contributed by atoms with E-state index >= 15 is 0 Å². The van der Waals surface area contributed by atoms with Gasteiger partial charge in [0.15, 0.2) is 18.1 Å². The molecule has 0 aliphatic heterocycles. The van der Waals surface area contributed by atoms with Gasteiger partial charge in [0, 0.05) is 34.9 Å². The number of hydrogen-bond donors (Lipinski definition) is 4. The van der Waals surface area contributed by atoms with E-state index in [1.54, 1.807) is 96.1 Å². The molecule has 3 aromatic rings. The second-order valence-electron chi connectivity index (χ2n) is 13.2. The van der Waals surface area contributed by atoms with E-state index < -0.39 is 23.3 Å². The highest BCUT2D eigenvalue weighted by Gasteiger charge is 2.21. The lowest BCUT2D eigenvalue weighted by molar-refractivity contribution is -0.157. The number of rotatable bonds is 12. The lowest BCUT2D eigenvalue weighted by Crippen LogP contribution is -2.36. The number of anilines is 2. The monoisotopic (exact) mass is 680 g/mol. The molecule has 0 radical (unpaired) electrons. The Morgan fingerprint density at radius 3 is 2.15 bits per heavy atom. The van der Waals surface area contributed by atoms with Crippen molar-refractivity contribution < 1.29 is 33.3 Å². The number of carbonyl (C=O) groups is 3. The zero-order valence-corrected chi connectivity index (χ0v) is 29.5. The summed E-state index contributed by atoms with van der Waals surface area (Å²) in [6.45, 7) is 14.2. The summed E-state index contributed by atoms with van der Waals surface area (Å²) < 4.78 is 22.6. The van der Waals surface area contributed by atoms with Crippen LogP contribution in [0.25, 0.3) is 0 Å². The maximum atomic E-state index is 13.4. The Bertz CT molecular complexity index is 1610. The molecule has 0 atom stereocenters. The third-order valence-corrected chi connectivity index (χ3v) is 6.47. The van der Waals surface area contributed by atoms with Crippen LogP contribution in [0.15, 0.2) is 60.7 Å². The molecule has 0 unspecified atom stereocenters. The Labute approximate surface area is 287 Å². The Balaban J connectivity index is 1.78. The van der Waals surface area contributed by atoms with Crippen LogP contribution in [0.2, 0.25) is 0 Å². The van der Waals surface area contributed by atoms with Crippen molar-refractivity contribution in [2.75, 3.05) is 17.2 Å². The second-order valence-corrected chi connectivity index (χ2v) is 13.5. The first-order valence-electron chi connectivity index (χ1n) is 15.5. The molecule has 0 fully saturated rings. The number of ether oxygens (including phenoxy) is 4. The van der Waals surface area contributed by atoms with E-state index in [1.165, 1.54) is 0 Å². The van der Waals surface area contributed by atoms with E-state index in [1.807, 2.05) is 19.9 Å². The van der Waals surface area contributed by atoms with Gasteiger partial charge in [-0.25, -0.2) is 9.59 Å². The smallest absolute Gasteiger partial charge is 0.413 e. The van der Waals surface area contributed by atoms with E-state index in [0.29, 0.717) is 39.6 Å². The number of benzene rings is 3. The van der Waals surface area contributed by atoms with Crippen molar-refractivity contribution in [3.63, 3.8) is 0 Å². The van der Waals surface area contributed by atoms with Crippen molar-refractivity contribution in [1.29, 1.82) is 5.41 Å². The fourth-order valence-corrected chi connectivity index (χ4v) is 4.52. The Hall–Kier alpha value is -4.77. The predicted molar refractivity (Wildman–Crippen MR) is 187 cm³/mol. The van der Waals surface area contributed by atoms with Crippen molar-refractivity contribution in [1.82, 2.24) is 5.32 Å². The molecule has 2 amide bonds. The first-order valence-corrected chi connectivity index (χ1v) is 16.0. The van der Waals surface area contributed by atoms with E-state index in [9.17, 15) is 14.4 Å². The van der Waals surface area contributed by atoms with Gasteiger partial charge in [-0.15, -0.1) is 11.6 Å². The third kappa shape index (κ3) is 12.1. The van der Waals surface area contributed by atoms with Gasteiger partial charge in [-0.2, -0.15) is 0 Å². The van der Waals surface area contributed by atoms with Crippen LogP contribution in [0.5, 0.6) is 11.5 Å². The predicted octanol–water partition coefficient (Wildman–Crippen LogP) is 7.65. The van der Waals surface area contributed by atoms with Crippen LogP contribution in [-0.4, -0.2) is 47.7 Å². The normalized spacial score (nSPS) is 11.4. The van der Waals surface area contributed by atoms with Crippen molar-refractivity contribution in [3.05, 3.63) is 82.9 Å². The van der Waals surface area contributed by atoms with Crippen LogP contribution >= 0.6 is 11.6 Å². The van der Waals surface area contributed by atoms with Crippen LogP contribution < -0.4 is 25.4 Å². The molecule has 0 saturated heterocycles. The van der Waals surface area contributed by atoms with Gasteiger partial charge >= 0.3 is 12.1 Å². The first kappa shape index (κ1) is 37.7. The summed E-state index contributed by atoms with van der Waals surface area (Å²) in [5.41, 5.74) is 1.95. The lowest BCUT2D eigenvalue weighted by atomic mass is 10.1. The standard InChI is InChI=1S/C36H45ClN4O7/c1-22(2)46-29-18-23(19-37)17-25(31(29)45-21-30(42)47-35(3,4)5)20-39-28-12-10-9-11-27(28)33(43)40-26-15-13-24(14-16-26)32(38)41-34(44)48-36(6,7)8/h9-18,22,39H,19-21H2,1-8H3,(H,40,43)(H2,38,41,44). The summed E-state index contributed by atoms with van der Waals surface area (Å²) in [7, 11) is 0. The molecule has 3 rings (SSSR count). The minimum Gasteiger partial charge on any atom is -0.487 e. The number of alkyl halides is 1. The molecule has 11 nitrogen and oxygen atoms in total. The quantitative estimate of drug-likeness (QED) is 0.0660. The molecule has 0 heterocycles. The Morgan fingerprint density at radius 2 is 1.54 bits per heavy atom. The van der Waals surface area contributed by atoms with Crippen LogP contribution in [0.3, 0.4) is 0 Å². The van der Waals surface area contributed by atoms with Crippen LogP contribution in [0.4, 0.5) is 16.2 Å². The average molecular weight is 681 g/mol. The van der Waals surface area contributed by atoms with E-state index in [-0.39, 0.29) is 36.9 Å². The summed E-state index contributed by atoms with van der Waals surface area (Å²) in [6.07, 6.45) is -0.903. The zero-order chi connectivity index (χ0) is 35.6. The van der Waals surface area contributed by atoms with Crippen molar-refractivity contribution in [3.8, 4) is 11.5 Å². The number of hydrogen-bond acceptors (Lipinski definition) is 9. The van der Waals surface area contributed by atoms with Gasteiger partial charge in [-0.3, -0.25) is 15.5 Å². The van der Waals surface area contributed by atoms with Gasteiger partial charge in [0.05, 0.1) is 11.7 Å². The number of alkyl carbamates (subject to hydrolysis) is 1. The largest absolute Gasteiger partial charge is 0.487 e. The zero-order valence-electron chi connectivity index (χ0n) is 28.7. The van der Waals surface area contributed by atoms with Gasteiger partial charge in [0.1, 0.15) is 17.0 Å². The second kappa shape index (κ2) is 16.4. The fourth-order valence-electron chi connectivity index (χ4n) is 4.36.